The maximum Gasteiger partial charge on any atom is 0.318 e. The summed E-state index contributed by atoms with van der Waals surface area (Å²) >= 11 is 0. The van der Waals surface area contributed by atoms with Gasteiger partial charge in [-0.1, -0.05) is 0 Å². The maximum absolute atomic E-state index is 10.7. The molecule has 0 saturated carbocycles. The van der Waals surface area contributed by atoms with Gasteiger partial charge >= 0.3 is 5.97 Å². The zero-order valence-electron chi connectivity index (χ0n) is 6.83. The number of carboxylic acid groups (broad SMARTS) is 1. The maximum atomic E-state index is 10.7. The van der Waals surface area contributed by atoms with Crippen LogP contribution < -0.4 is 5.73 Å². The summed E-state index contributed by atoms with van der Waals surface area (Å²) in [7, 11) is 0. The minimum absolute atomic E-state index is 0.0775. The van der Waals surface area contributed by atoms with E-state index in [9.17, 15) is 9.59 Å². The van der Waals surface area contributed by atoms with Gasteiger partial charge in [0.25, 0.3) is 0 Å². The fraction of sp³-hybridized carbons (Fsp3) is 0.500. The smallest absolute Gasteiger partial charge is 0.318 e. The van der Waals surface area contributed by atoms with Gasteiger partial charge < -0.3 is 10.8 Å². The van der Waals surface area contributed by atoms with E-state index in [2.05, 4.69) is 5.92 Å². The number of carbonyl (C=O) groups is 2. The van der Waals surface area contributed by atoms with Crippen LogP contribution in [-0.4, -0.2) is 17.0 Å². The van der Waals surface area contributed by atoms with Crippen molar-refractivity contribution in [3.63, 3.8) is 0 Å². The Morgan fingerprint density at radius 2 is 2.17 bits per heavy atom. The van der Waals surface area contributed by atoms with Gasteiger partial charge in [-0.15, -0.1) is 12.3 Å². The molecule has 0 spiro atoms. The Kier molecular flexibility index (Phi) is 3.30. The molecule has 0 bridgehead atoms. The van der Waals surface area contributed by atoms with Crippen LogP contribution in [0.3, 0.4) is 0 Å². The molecule has 1 amide bonds. The van der Waals surface area contributed by atoms with Crippen molar-refractivity contribution in [3.05, 3.63) is 0 Å². The van der Waals surface area contributed by atoms with Crippen LogP contribution in [0.25, 0.3) is 0 Å². The van der Waals surface area contributed by atoms with Crippen molar-refractivity contribution < 1.29 is 14.7 Å². The highest BCUT2D eigenvalue weighted by atomic mass is 16.4. The molecular weight excluding hydrogens is 158 g/mol. The molecule has 0 aliphatic carbocycles. The molecule has 0 rings (SSSR count). The quantitative estimate of drug-likeness (QED) is 0.458. The average Bonchev–Trinajstić information content (AvgIpc) is 1.99. The number of carbonyl (C=O) groups excluding carboxylic acids is 1. The lowest BCUT2D eigenvalue weighted by molar-refractivity contribution is -0.153. The van der Waals surface area contributed by atoms with Crippen molar-refractivity contribution in [2.24, 2.45) is 11.1 Å². The highest BCUT2D eigenvalue weighted by Gasteiger charge is 2.38. The zero-order chi connectivity index (χ0) is 9.78. The summed E-state index contributed by atoms with van der Waals surface area (Å²) in [6.07, 6.45) is 5.25. The Morgan fingerprint density at radius 3 is 2.42 bits per heavy atom. The number of hydrogen-bond acceptors (Lipinski definition) is 2. The third kappa shape index (κ3) is 1.99. The first-order valence-corrected chi connectivity index (χ1v) is 3.42. The number of nitrogens with two attached hydrogens (primary N) is 1. The van der Waals surface area contributed by atoms with Crippen LogP contribution in [0.5, 0.6) is 0 Å². The van der Waals surface area contributed by atoms with E-state index in [0.29, 0.717) is 0 Å². The van der Waals surface area contributed by atoms with Crippen molar-refractivity contribution in [2.45, 2.75) is 19.8 Å². The van der Waals surface area contributed by atoms with Gasteiger partial charge in [-0.2, -0.15) is 0 Å². The van der Waals surface area contributed by atoms with E-state index in [1.165, 1.54) is 6.92 Å². The van der Waals surface area contributed by atoms with E-state index < -0.39 is 17.3 Å². The Morgan fingerprint density at radius 1 is 1.67 bits per heavy atom. The van der Waals surface area contributed by atoms with Crippen molar-refractivity contribution in [3.8, 4) is 12.3 Å². The molecule has 0 aromatic rings. The largest absolute Gasteiger partial charge is 0.480 e. The molecule has 3 N–H and O–H groups in total. The van der Waals surface area contributed by atoms with Gasteiger partial charge in [0.15, 0.2) is 0 Å². The molecule has 0 aromatic carbocycles. The van der Waals surface area contributed by atoms with Crippen molar-refractivity contribution >= 4 is 11.9 Å². The van der Waals surface area contributed by atoms with Crippen LogP contribution in [0.15, 0.2) is 0 Å². The fourth-order valence-electron chi connectivity index (χ4n) is 0.658. The van der Waals surface area contributed by atoms with Crippen LogP contribution in [0.1, 0.15) is 19.8 Å². The summed E-state index contributed by atoms with van der Waals surface area (Å²) in [6, 6.07) is 0. The van der Waals surface area contributed by atoms with Crippen LogP contribution >= 0.6 is 0 Å². The molecule has 0 aliphatic heterocycles. The Balaban J connectivity index is 4.54. The van der Waals surface area contributed by atoms with Crippen LogP contribution in [0, 0.1) is 17.8 Å². The molecule has 4 heteroatoms. The minimum Gasteiger partial charge on any atom is -0.480 e. The van der Waals surface area contributed by atoms with Gasteiger partial charge in [0.1, 0.15) is 5.41 Å². The standard InChI is InChI=1S/C8H11NO3/c1-3-4-5-8(2,6(9)10)7(11)12/h1H,4-5H2,2H3,(H2,9,10)(H,11,12). The molecule has 66 valence electrons. The lowest BCUT2D eigenvalue weighted by Gasteiger charge is -2.18. The number of hydrogen-bond donors (Lipinski definition) is 2. The average molecular weight is 169 g/mol. The SMILES string of the molecule is C#CCCC(C)(C(N)=O)C(=O)O. The molecule has 4 nitrogen and oxygen atoms in total. The predicted molar refractivity (Wildman–Crippen MR) is 43.0 cm³/mol. The van der Waals surface area contributed by atoms with Gasteiger partial charge in [0, 0.05) is 6.42 Å². The van der Waals surface area contributed by atoms with Gasteiger partial charge in [-0.25, -0.2) is 0 Å². The van der Waals surface area contributed by atoms with Crippen LogP contribution in [0.2, 0.25) is 0 Å². The first kappa shape index (κ1) is 10.5. The number of carboxylic acids is 1. The third-order valence-electron chi connectivity index (χ3n) is 1.79. The molecule has 0 radical (unpaired) electrons. The molecule has 12 heavy (non-hydrogen) atoms. The second-order valence-corrected chi connectivity index (χ2v) is 2.71. The summed E-state index contributed by atoms with van der Waals surface area (Å²) in [6.45, 7) is 1.27. The molecule has 0 heterocycles. The van der Waals surface area contributed by atoms with Gasteiger partial charge in [-0.3, -0.25) is 9.59 Å². The van der Waals surface area contributed by atoms with E-state index in [-0.39, 0.29) is 12.8 Å². The number of amides is 1. The first-order valence-electron chi connectivity index (χ1n) is 3.42. The molecular formula is C8H11NO3. The number of primary amides is 1. The van der Waals surface area contributed by atoms with Crippen molar-refractivity contribution in [1.29, 1.82) is 0 Å². The van der Waals surface area contributed by atoms with Gasteiger partial charge in [-0.05, 0) is 13.3 Å². The van der Waals surface area contributed by atoms with Crippen LogP contribution in [0.4, 0.5) is 0 Å². The van der Waals surface area contributed by atoms with E-state index in [1.807, 2.05) is 0 Å². The Hall–Kier alpha value is -1.50. The molecule has 0 fully saturated rings. The summed E-state index contributed by atoms with van der Waals surface area (Å²) in [5, 5.41) is 8.66. The number of terminal acetylenes is 1. The molecule has 1 atom stereocenters. The number of rotatable bonds is 4. The molecule has 0 aliphatic rings. The van der Waals surface area contributed by atoms with Gasteiger partial charge in [0.05, 0.1) is 0 Å². The normalized spacial score (nSPS) is 14.3. The first-order chi connectivity index (χ1) is 5.45. The predicted octanol–water partition coefficient (Wildman–Crippen LogP) is -0.0240. The summed E-state index contributed by atoms with van der Waals surface area (Å²) in [5.74, 6) is 0.175. The molecule has 1 unspecified atom stereocenters. The summed E-state index contributed by atoms with van der Waals surface area (Å²) < 4.78 is 0. The summed E-state index contributed by atoms with van der Waals surface area (Å²) in [5.41, 5.74) is 3.39. The Labute approximate surface area is 70.8 Å². The second-order valence-electron chi connectivity index (χ2n) is 2.71. The Bertz CT molecular complexity index is 225. The number of aliphatic carboxylic acids is 1. The van der Waals surface area contributed by atoms with Crippen molar-refractivity contribution in [1.82, 2.24) is 0 Å². The minimum atomic E-state index is -1.54. The lowest BCUT2D eigenvalue weighted by Crippen LogP contribution is -2.41. The zero-order valence-corrected chi connectivity index (χ0v) is 6.83. The fourth-order valence-corrected chi connectivity index (χ4v) is 0.658. The monoisotopic (exact) mass is 169 g/mol. The van der Waals surface area contributed by atoms with Gasteiger partial charge in [0.2, 0.25) is 5.91 Å². The van der Waals surface area contributed by atoms with Crippen molar-refractivity contribution in [2.75, 3.05) is 0 Å². The third-order valence-corrected chi connectivity index (χ3v) is 1.79. The molecule has 0 aromatic heterocycles. The van der Waals surface area contributed by atoms with E-state index in [1.54, 1.807) is 0 Å². The second kappa shape index (κ2) is 3.77. The highest BCUT2D eigenvalue weighted by molar-refractivity contribution is 6.00. The highest BCUT2D eigenvalue weighted by Crippen LogP contribution is 2.22. The van der Waals surface area contributed by atoms with E-state index in [4.69, 9.17) is 17.3 Å². The summed E-state index contributed by atoms with van der Waals surface area (Å²) in [4.78, 5) is 21.3. The molecule has 0 saturated heterocycles. The van der Waals surface area contributed by atoms with E-state index in [0.717, 1.165) is 0 Å². The van der Waals surface area contributed by atoms with E-state index >= 15 is 0 Å². The topological polar surface area (TPSA) is 80.4 Å². The van der Waals surface area contributed by atoms with Crippen LogP contribution in [-0.2, 0) is 9.59 Å². The lowest BCUT2D eigenvalue weighted by atomic mass is 9.85.